The second kappa shape index (κ2) is 8.11. The molecule has 6 heteroatoms. The van der Waals surface area contributed by atoms with Crippen LogP contribution >= 0.6 is 0 Å². The van der Waals surface area contributed by atoms with Crippen molar-refractivity contribution >= 4 is 5.97 Å². The molecule has 0 aliphatic rings. The number of esters is 1. The van der Waals surface area contributed by atoms with Crippen LogP contribution in [0.25, 0.3) is 11.3 Å². The van der Waals surface area contributed by atoms with E-state index < -0.39 is 5.97 Å². The van der Waals surface area contributed by atoms with Crippen LogP contribution in [0.5, 0.6) is 5.75 Å². The molecule has 0 N–H and O–H groups in total. The van der Waals surface area contributed by atoms with Crippen molar-refractivity contribution in [1.82, 2.24) is 9.78 Å². The Balaban J connectivity index is 1.70. The van der Waals surface area contributed by atoms with Gasteiger partial charge in [-0.05, 0) is 12.1 Å². The second-order valence-electron chi connectivity index (χ2n) is 5.55. The van der Waals surface area contributed by atoms with Gasteiger partial charge in [-0.15, -0.1) is 0 Å². The van der Waals surface area contributed by atoms with Crippen molar-refractivity contribution in [1.29, 1.82) is 0 Å². The lowest BCUT2D eigenvalue weighted by atomic mass is 10.1. The van der Waals surface area contributed by atoms with Crippen molar-refractivity contribution in [2.24, 2.45) is 0 Å². The van der Waals surface area contributed by atoms with Gasteiger partial charge < -0.3 is 9.47 Å². The van der Waals surface area contributed by atoms with Crippen molar-refractivity contribution in [3.8, 4) is 17.0 Å². The smallest absolute Gasteiger partial charge is 0.328 e. The lowest BCUT2D eigenvalue weighted by molar-refractivity contribution is -0.146. The van der Waals surface area contributed by atoms with Gasteiger partial charge in [0.1, 0.15) is 18.9 Å². The number of para-hydroxylation sites is 1. The Morgan fingerprint density at radius 1 is 1.00 bits per heavy atom. The highest BCUT2D eigenvalue weighted by atomic mass is 16.5. The first-order valence-electron chi connectivity index (χ1n) is 8.08. The van der Waals surface area contributed by atoms with Gasteiger partial charge in [-0.3, -0.25) is 9.59 Å². The molecule has 1 aromatic heterocycles. The van der Waals surface area contributed by atoms with E-state index in [0.29, 0.717) is 11.4 Å². The molecule has 0 bridgehead atoms. The van der Waals surface area contributed by atoms with Gasteiger partial charge in [0, 0.05) is 17.2 Å². The maximum Gasteiger partial charge on any atom is 0.328 e. The highest BCUT2D eigenvalue weighted by Gasteiger charge is 2.10. The zero-order chi connectivity index (χ0) is 18.4. The van der Waals surface area contributed by atoms with Crippen LogP contribution in [-0.2, 0) is 22.7 Å². The maximum atomic E-state index is 12.1. The molecule has 0 saturated carbocycles. The van der Waals surface area contributed by atoms with Crippen LogP contribution in [0.4, 0.5) is 0 Å². The molecule has 0 aliphatic carbocycles. The average molecular weight is 350 g/mol. The Bertz CT molecular complexity index is 951. The van der Waals surface area contributed by atoms with E-state index in [9.17, 15) is 9.59 Å². The molecule has 2 aromatic carbocycles. The monoisotopic (exact) mass is 350 g/mol. The Kier molecular flexibility index (Phi) is 5.43. The minimum atomic E-state index is -0.546. The van der Waals surface area contributed by atoms with Crippen LogP contribution in [0.3, 0.4) is 0 Å². The fourth-order valence-corrected chi connectivity index (χ4v) is 2.47. The van der Waals surface area contributed by atoms with E-state index in [1.165, 1.54) is 6.07 Å². The third-order valence-corrected chi connectivity index (χ3v) is 3.80. The number of rotatable bonds is 6. The van der Waals surface area contributed by atoms with E-state index in [4.69, 9.17) is 9.47 Å². The molecule has 0 saturated heterocycles. The molecule has 1 heterocycles. The fourth-order valence-electron chi connectivity index (χ4n) is 2.47. The molecule has 6 nitrogen and oxygen atoms in total. The van der Waals surface area contributed by atoms with Gasteiger partial charge in [0.2, 0.25) is 0 Å². The van der Waals surface area contributed by atoms with Crippen LogP contribution in [0.1, 0.15) is 5.56 Å². The lowest BCUT2D eigenvalue weighted by Gasteiger charge is -2.10. The predicted molar refractivity (Wildman–Crippen MR) is 96.7 cm³/mol. The molecule has 132 valence electrons. The molecule has 3 aromatic rings. The zero-order valence-corrected chi connectivity index (χ0v) is 14.3. The minimum absolute atomic E-state index is 0.0654. The van der Waals surface area contributed by atoms with Gasteiger partial charge in [0.15, 0.2) is 0 Å². The molecule has 0 amide bonds. The van der Waals surface area contributed by atoms with E-state index in [0.717, 1.165) is 15.8 Å². The number of carbonyl (C=O) groups is 1. The molecule has 0 unspecified atom stereocenters. The Labute approximate surface area is 150 Å². The molecule has 26 heavy (non-hydrogen) atoms. The number of nitrogens with zero attached hydrogens (tertiary/aromatic N) is 2. The first-order valence-corrected chi connectivity index (χ1v) is 8.08. The van der Waals surface area contributed by atoms with Gasteiger partial charge in [0.25, 0.3) is 5.56 Å². The van der Waals surface area contributed by atoms with Crippen LogP contribution in [-0.4, -0.2) is 22.9 Å². The zero-order valence-electron chi connectivity index (χ0n) is 14.3. The quantitative estimate of drug-likeness (QED) is 0.639. The first-order chi connectivity index (χ1) is 12.7. The van der Waals surface area contributed by atoms with Gasteiger partial charge in [-0.25, -0.2) is 4.68 Å². The van der Waals surface area contributed by atoms with Crippen molar-refractivity contribution in [3.63, 3.8) is 0 Å². The average Bonchev–Trinajstić information content (AvgIpc) is 2.69. The van der Waals surface area contributed by atoms with E-state index in [1.807, 2.05) is 48.5 Å². The summed E-state index contributed by atoms with van der Waals surface area (Å²) in [6, 6.07) is 19.7. The molecule has 0 fully saturated rings. The fraction of sp³-hybridized carbons (Fsp3) is 0.150. The van der Waals surface area contributed by atoms with E-state index in [-0.39, 0.29) is 18.7 Å². The van der Waals surface area contributed by atoms with E-state index in [1.54, 1.807) is 19.2 Å². The normalized spacial score (nSPS) is 10.3. The van der Waals surface area contributed by atoms with Gasteiger partial charge in [0.05, 0.1) is 12.8 Å². The number of carbonyl (C=O) groups excluding carboxylic acids is 1. The number of aromatic nitrogens is 2. The van der Waals surface area contributed by atoms with E-state index in [2.05, 4.69) is 5.10 Å². The SMILES string of the molecule is COc1ccccc1COC(=O)Cn1nc(-c2ccccc2)ccc1=O. The summed E-state index contributed by atoms with van der Waals surface area (Å²) in [6.45, 7) is -0.190. The largest absolute Gasteiger partial charge is 0.496 e. The highest BCUT2D eigenvalue weighted by molar-refractivity contribution is 5.69. The van der Waals surface area contributed by atoms with Crippen molar-refractivity contribution in [2.45, 2.75) is 13.2 Å². The van der Waals surface area contributed by atoms with Crippen LogP contribution in [0.15, 0.2) is 71.5 Å². The number of methoxy groups -OCH3 is 1. The minimum Gasteiger partial charge on any atom is -0.496 e. The number of hydrogen-bond donors (Lipinski definition) is 0. The van der Waals surface area contributed by atoms with Gasteiger partial charge >= 0.3 is 5.97 Å². The molecular formula is C20H18N2O4. The van der Waals surface area contributed by atoms with E-state index >= 15 is 0 Å². The Morgan fingerprint density at radius 3 is 2.50 bits per heavy atom. The summed E-state index contributed by atoms with van der Waals surface area (Å²) in [7, 11) is 1.55. The summed E-state index contributed by atoms with van der Waals surface area (Å²) in [4.78, 5) is 24.1. The Hall–Kier alpha value is -3.41. The summed E-state index contributed by atoms with van der Waals surface area (Å²) in [5, 5.41) is 4.25. The van der Waals surface area contributed by atoms with Crippen LogP contribution < -0.4 is 10.3 Å². The third kappa shape index (κ3) is 4.16. The summed E-state index contributed by atoms with van der Waals surface area (Å²) < 4.78 is 11.6. The third-order valence-electron chi connectivity index (χ3n) is 3.80. The Morgan fingerprint density at radius 2 is 1.73 bits per heavy atom. The summed E-state index contributed by atoms with van der Waals surface area (Å²) in [5.41, 5.74) is 1.87. The van der Waals surface area contributed by atoms with Crippen molar-refractivity contribution in [3.05, 3.63) is 82.6 Å². The standard InChI is InChI=1S/C20H18N2O4/c1-25-18-10-6-5-9-16(18)14-26-20(24)13-22-19(23)12-11-17(21-22)15-7-3-2-4-8-15/h2-12H,13-14H2,1H3. The van der Waals surface area contributed by atoms with Crippen LogP contribution in [0, 0.1) is 0 Å². The molecule has 0 atom stereocenters. The predicted octanol–water partition coefficient (Wildman–Crippen LogP) is 2.66. The molecule has 0 aliphatic heterocycles. The summed E-state index contributed by atoms with van der Waals surface area (Å²) in [6.07, 6.45) is 0. The number of ether oxygens (including phenoxy) is 2. The topological polar surface area (TPSA) is 70.4 Å². The van der Waals surface area contributed by atoms with Gasteiger partial charge in [-0.1, -0.05) is 48.5 Å². The summed E-state index contributed by atoms with van der Waals surface area (Å²) >= 11 is 0. The van der Waals surface area contributed by atoms with Crippen LogP contribution in [0.2, 0.25) is 0 Å². The number of hydrogen-bond acceptors (Lipinski definition) is 5. The molecular weight excluding hydrogens is 332 g/mol. The second-order valence-corrected chi connectivity index (χ2v) is 5.55. The number of benzene rings is 2. The maximum absolute atomic E-state index is 12.1. The molecule has 0 spiro atoms. The lowest BCUT2D eigenvalue weighted by Crippen LogP contribution is -2.27. The molecule has 0 radical (unpaired) electrons. The van der Waals surface area contributed by atoms with Crippen molar-refractivity contribution < 1.29 is 14.3 Å². The van der Waals surface area contributed by atoms with Gasteiger partial charge in [-0.2, -0.15) is 5.10 Å². The highest BCUT2D eigenvalue weighted by Crippen LogP contribution is 2.18. The molecule has 3 rings (SSSR count). The first kappa shape index (κ1) is 17.4. The van der Waals surface area contributed by atoms with Crippen molar-refractivity contribution in [2.75, 3.05) is 7.11 Å². The summed E-state index contributed by atoms with van der Waals surface area (Å²) in [5.74, 6) is 0.0948.